The highest BCUT2D eigenvalue weighted by molar-refractivity contribution is 7.09. The number of carbonyl (C=O) groups is 1. The predicted molar refractivity (Wildman–Crippen MR) is 187 cm³/mol. The molecule has 0 bridgehead atoms. The van der Waals surface area contributed by atoms with Crippen LogP contribution in [-0.2, 0) is 27.4 Å². The van der Waals surface area contributed by atoms with Crippen LogP contribution in [-0.4, -0.2) is 64.9 Å². The first kappa shape index (κ1) is 34.9. The molecular weight excluding hydrogens is 631 g/mol. The number of carboxylic acid groups (broad SMARTS) is 1. The highest BCUT2D eigenvalue weighted by Gasteiger charge is 2.31. The number of piperidine rings is 1. The molecule has 47 heavy (non-hydrogen) atoms. The number of likely N-dealkylation sites (tertiary alicyclic amines) is 1. The monoisotopic (exact) mass is 676 g/mol. The molecule has 1 aliphatic heterocycles. The lowest BCUT2D eigenvalue weighted by Crippen LogP contribution is -2.51. The van der Waals surface area contributed by atoms with Gasteiger partial charge in [0.1, 0.15) is 17.6 Å². The fraction of sp³-hybridized carbons (Fsp3) is 0.432. The summed E-state index contributed by atoms with van der Waals surface area (Å²) in [7, 11) is -1.14. The minimum absolute atomic E-state index is 0.0479. The maximum Gasteiger partial charge on any atom is 0.189 e. The number of carbonyl (C=O) groups excluding carboxylic acids is 1. The molecule has 0 spiro atoms. The first-order valence-electron chi connectivity index (χ1n) is 16.4. The number of rotatable bonds is 17. The largest absolute Gasteiger partial charge is 0.530 e. The van der Waals surface area contributed by atoms with Gasteiger partial charge in [-0.2, -0.15) is 0 Å². The van der Waals surface area contributed by atoms with Gasteiger partial charge in [-0.1, -0.05) is 56.0 Å². The Morgan fingerprint density at radius 1 is 0.894 bits per heavy atom. The lowest BCUT2D eigenvalue weighted by Gasteiger charge is -2.40. The molecule has 4 aromatic rings. The first-order valence-corrected chi connectivity index (χ1v) is 21.0. The molecule has 8 nitrogen and oxygen atoms in total. The number of hydrogen-bond acceptors (Lipinski definition) is 8. The third kappa shape index (κ3) is 11.1. The van der Waals surface area contributed by atoms with Gasteiger partial charge in [0.05, 0.1) is 32.5 Å². The van der Waals surface area contributed by atoms with E-state index in [1.54, 1.807) is 11.3 Å². The van der Waals surface area contributed by atoms with Crippen LogP contribution in [0.25, 0.3) is 10.8 Å². The zero-order chi connectivity index (χ0) is 33.1. The van der Waals surface area contributed by atoms with Crippen LogP contribution < -0.4 is 14.6 Å². The quantitative estimate of drug-likeness (QED) is 0.0659. The number of benzene rings is 3. The topological polar surface area (TPSA) is 89.5 Å². The lowest BCUT2D eigenvalue weighted by atomic mass is 9.87. The number of fused-ring (bicyclic) bond motifs is 1. The van der Waals surface area contributed by atoms with Crippen LogP contribution in [0.1, 0.15) is 34.8 Å². The zero-order valence-electron chi connectivity index (χ0n) is 27.7. The first-order chi connectivity index (χ1) is 22.7. The van der Waals surface area contributed by atoms with Gasteiger partial charge in [-0.05, 0) is 76.1 Å². The molecule has 2 atom stereocenters. The molecule has 1 aliphatic rings. The molecule has 5 rings (SSSR count). The fourth-order valence-corrected chi connectivity index (χ4v) is 6.96. The molecule has 0 radical (unpaired) electrons. The summed E-state index contributed by atoms with van der Waals surface area (Å²) < 4.78 is 29.7. The summed E-state index contributed by atoms with van der Waals surface area (Å²) in [6.45, 7) is 10.8. The van der Waals surface area contributed by atoms with Gasteiger partial charge in [-0.3, -0.25) is 0 Å². The van der Waals surface area contributed by atoms with Crippen LogP contribution >= 0.6 is 11.3 Å². The van der Waals surface area contributed by atoms with Gasteiger partial charge >= 0.3 is 0 Å². The average molecular weight is 677 g/mol. The standard InChI is InChI=1S/C37H47NO7SSi/c1-47(2,3)21-19-42-27-45-33-14-9-29-8-7-28(22-31(29)23-33)25-44-36-24-38(37(39)40)16-15-35(36)30-10-12-32(13-11-30)43-18-5-17-41-26-34-6-4-20-46-34/h4,6-14,20,22-23,35-36H,5,15-19,21,24-27H2,1-3H3,(H,39,40)/p-1. The average Bonchev–Trinajstić information content (AvgIpc) is 3.58. The van der Waals surface area contributed by atoms with E-state index in [1.807, 2.05) is 36.4 Å². The molecule has 10 heteroatoms. The van der Waals surface area contributed by atoms with Crippen molar-refractivity contribution < 1.29 is 33.6 Å². The van der Waals surface area contributed by atoms with Crippen LogP contribution in [0.3, 0.4) is 0 Å². The third-order valence-corrected chi connectivity index (χ3v) is 10.9. The fourth-order valence-electron chi connectivity index (χ4n) is 5.57. The van der Waals surface area contributed by atoms with E-state index < -0.39 is 14.2 Å². The van der Waals surface area contributed by atoms with Crippen LogP contribution in [0.4, 0.5) is 4.79 Å². The third-order valence-electron chi connectivity index (χ3n) is 8.30. The van der Waals surface area contributed by atoms with Gasteiger partial charge in [0, 0.05) is 45.0 Å². The summed E-state index contributed by atoms with van der Waals surface area (Å²) in [4.78, 5) is 14.3. The Bertz CT molecular complexity index is 1540. The van der Waals surface area contributed by atoms with Crippen molar-refractivity contribution in [3.05, 3.63) is 94.2 Å². The molecule has 0 N–H and O–H groups in total. The second-order valence-corrected chi connectivity index (χ2v) is 19.8. The van der Waals surface area contributed by atoms with Crippen molar-refractivity contribution in [3.8, 4) is 11.5 Å². The van der Waals surface area contributed by atoms with Gasteiger partial charge < -0.3 is 38.5 Å². The molecule has 0 aliphatic carbocycles. The van der Waals surface area contributed by atoms with Crippen molar-refractivity contribution >= 4 is 36.3 Å². The summed E-state index contributed by atoms with van der Waals surface area (Å²) in [6, 6.07) is 25.5. The minimum atomic E-state index is -1.16. The Morgan fingerprint density at radius 2 is 1.70 bits per heavy atom. The zero-order valence-corrected chi connectivity index (χ0v) is 29.5. The van der Waals surface area contributed by atoms with Crippen molar-refractivity contribution in [2.45, 2.75) is 63.8 Å². The Labute approximate surface area is 283 Å². The molecule has 1 aromatic heterocycles. The molecule has 1 saturated heterocycles. The highest BCUT2D eigenvalue weighted by atomic mass is 32.1. The van der Waals surface area contributed by atoms with Crippen LogP contribution in [0.5, 0.6) is 11.5 Å². The summed E-state index contributed by atoms with van der Waals surface area (Å²) in [5.74, 6) is 1.61. The summed E-state index contributed by atoms with van der Waals surface area (Å²) >= 11 is 1.70. The van der Waals surface area contributed by atoms with Crippen molar-refractivity contribution in [2.75, 3.05) is 39.7 Å². The Morgan fingerprint density at radius 3 is 2.47 bits per heavy atom. The summed E-state index contributed by atoms with van der Waals surface area (Å²) in [5.41, 5.74) is 2.11. The normalized spacial score (nSPS) is 16.8. The van der Waals surface area contributed by atoms with Crippen LogP contribution in [0.2, 0.25) is 25.7 Å². The minimum Gasteiger partial charge on any atom is -0.530 e. The molecular formula is C37H46NO7SSi-. The number of amides is 1. The second kappa shape index (κ2) is 17.1. The second-order valence-electron chi connectivity index (χ2n) is 13.2. The summed E-state index contributed by atoms with van der Waals surface area (Å²) in [5, 5.41) is 15.9. The number of ether oxygens (including phenoxy) is 5. The molecule has 0 saturated carbocycles. The number of hydrogen-bond donors (Lipinski definition) is 0. The summed E-state index contributed by atoms with van der Waals surface area (Å²) in [6.07, 6.45) is -0.0182. The van der Waals surface area contributed by atoms with E-state index in [0.717, 1.165) is 45.9 Å². The highest BCUT2D eigenvalue weighted by Crippen LogP contribution is 2.32. The molecule has 2 heterocycles. The smallest absolute Gasteiger partial charge is 0.189 e. The predicted octanol–water partition coefficient (Wildman–Crippen LogP) is 7.30. The number of nitrogens with zero attached hydrogens (tertiary/aromatic N) is 1. The van der Waals surface area contributed by atoms with Crippen LogP contribution in [0.15, 0.2) is 78.2 Å². The van der Waals surface area contributed by atoms with E-state index >= 15 is 0 Å². The molecule has 2 unspecified atom stereocenters. The molecule has 1 fully saturated rings. The van der Waals surface area contributed by atoms with E-state index in [9.17, 15) is 9.90 Å². The Balaban J connectivity index is 1.14. The molecule has 1 amide bonds. The molecule has 252 valence electrons. The van der Waals surface area contributed by atoms with Gasteiger partial charge in [0.2, 0.25) is 0 Å². The van der Waals surface area contributed by atoms with E-state index in [4.69, 9.17) is 23.7 Å². The SMILES string of the molecule is C[Si](C)(C)CCOCOc1ccc2ccc(COC3CN(C(=O)[O-])CCC3c3ccc(OCCCOCc4cccs4)cc3)cc2c1. The maximum absolute atomic E-state index is 11.7. The maximum atomic E-state index is 11.7. The Hall–Kier alpha value is -3.41. The van der Waals surface area contributed by atoms with Gasteiger partial charge in [0.25, 0.3) is 0 Å². The van der Waals surface area contributed by atoms with E-state index in [-0.39, 0.29) is 25.4 Å². The van der Waals surface area contributed by atoms with Gasteiger partial charge in [-0.25, -0.2) is 0 Å². The lowest BCUT2D eigenvalue weighted by molar-refractivity contribution is -0.268. The van der Waals surface area contributed by atoms with Crippen molar-refractivity contribution in [2.24, 2.45) is 0 Å². The van der Waals surface area contributed by atoms with Gasteiger partial charge in [0.15, 0.2) is 6.79 Å². The van der Waals surface area contributed by atoms with Gasteiger partial charge in [-0.15, -0.1) is 11.3 Å². The van der Waals surface area contributed by atoms with E-state index in [0.29, 0.717) is 46.0 Å². The van der Waals surface area contributed by atoms with E-state index in [2.05, 4.69) is 61.4 Å². The number of thiophene rings is 1. The van der Waals surface area contributed by atoms with Crippen molar-refractivity contribution in [1.29, 1.82) is 0 Å². The van der Waals surface area contributed by atoms with E-state index in [1.165, 1.54) is 9.78 Å². The van der Waals surface area contributed by atoms with Crippen molar-refractivity contribution in [3.63, 3.8) is 0 Å². The van der Waals surface area contributed by atoms with Crippen molar-refractivity contribution in [1.82, 2.24) is 4.90 Å². The Kier molecular flexibility index (Phi) is 12.7. The van der Waals surface area contributed by atoms with Crippen LogP contribution in [0, 0.1) is 0 Å². The molecule has 3 aromatic carbocycles.